The minimum atomic E-state index is -0.246. The molecular weight excluding hydrogens is 225 g/mol. The van der Waals surface area contributed by atoms with Crippen LogP contribution in [0.1, 0.15) is 31.7 Å². The van der Waals surface area contributed by atoms with Crippen molar-refractivity contribution in [3.05, 3.63) is 29.6 Å². The average Bonchev–Trinajstić information content (AvgIpc) is 2.32. The summed E-state index contributed by atoms with van der Waals surface area (Å²) in [6, 6.07) is 4.72. The van der Waals surface area contributed by atoms with Crippen LogP contribution in [0.2, 0.25) is 0 Å². The monoisotopic (exact) mass is 243 g/mol. The molecule has 1 aliphatic heterocycles. The van der Waals surface area contributed by atoms with Crippen LogP contribution >= 0.6 is 11.9 Å². The number of fused-ring (bicyclic) bond motifs is 1. The molecule has 16 heavy (non-hydrogen) atoms. The largest absolute Gasteiger partial charge is 0.493 e. The highest BCUT2D eigenvalue weighted by Gasteiger charge is 2.21. The second kappa shape index (κ2) is 6.76. The Hall–Kier alpha value is -0.740. The minimum absolute atomic E-state index is 0.246. The maximum Gasteiger partial charge on any atom is 0.126 e. The van der Waals surface area contributed by atoms with Gasteiger partial charge in [-0.1, -0.05) is 31.9 Å². The fourth-order valence-electron chi connectivity index (χ4n) is 1.73. The molecule has 1 heterocycles. The van der Waals surface area contributed by atoms with Gasteiger partial charge in [0.25, 0.3) is 0 Å². The number of halogens is 1. The van der Waals surface area contributed by atoms with Gasteiger partial charge in [0.15, 0.2) is 0 Å². The Morgan fingerprint density at radius 2 is 2.25 bits per heavy atom. The highest BCUT2D eigenvalue weighted by atomic mass is 32.2. The van der Waals surface area contributed by atoms with E-state index in [0.29, 0.717) is 18.3 Å². The molecule has 0 radical (unpaired) electrons. The molecule has 0 aromatic heterocycles. The molecule has 0 spiro atoms. The SMILES string of the molecule is CC.NSCC1CCOc2cc(F)ccc21. The van der Waals surface area contributed by atoms with Crippen LogP contribution in [0.3, 0.4) is 0 Å². The summed E-state index contributed by atoms with van der Waals surface area (Å²) in [5.41, 5.74) is 1.08. The second-order valence-electron chi connectivity index (χ2n) is 3.35. The minimum Gasteiger partial charge on any atom is -0.493 e. The van der Waals surface area contributed by atoms with E-state index >= 15 is 0 Å². The van der Waals surface area contributed by atoms with Crippen LogP contribution in [0.4, 0.5) is 4.39 Å². The van der Waals surface area contributed by atoms with Crippen molar-refractivity contribution in [3.8, 4) is 5.75 Å². The average molecular weight is 243 g/mol. The topological polar surface area (TPSA) is 35.2 Å². The van der Waals surface area contributed by atoms with Crippen molar-refractivity contribution < 1.29 is 9.13 Å². The third-order valence-electron chi connectivity index (χ3n) is 2.44. The highest BCUT2D eigenvalue weighted by molar-refractivity contribution is 7.97. The molecule has 0 bridgehead atoms. The van der Waals surface area contributed by atoms with Gasteiger partial charge < -0.3 is 4.74 Å². The lowest BCUT2D eigenvalue weighted by molar-refractivity contribution is 0.272. The van der Waals surface area contributed by atoms with E-state index in [1.54, 1.807) is 6.07 Å². The molecule has 1 aromatic carbocycles. The molecule has 1 unspecified atom stereocenters. The number of rotatable bonds is 2. The van der Waals surface area contributed by atoms with Gasteiger partial charge in [-0.25, -0.2) is 4.39 Å². The van der Waals surface area contributed by atoms with Crippen molar-refractivity contribution in [2.45, 2.75) is 26.2 Å². The third kappa shape index (κ3) is 3.12. The number of ether oxygens (including phenoxy) is 1. The summed E-state index contributed by atoms with van der Waals surface area (Å²) in [5, 5.41) is 5.45. The Labute approximate surface area is 100 Å². The fraction of sp³-hybridized carbons (Fsp3) is 0.500. The van der Waals surface area contributed by atoms with Gasteiger partial charge in [-0.2, -0.15) is 0 Å². The van der Waals surface area contributed by atoms with Gasteiger partial charge in [-0.15, -0.1) is 0 Å². The lowest BCUT2D eigenvalue weighted by atomic mass is 9.95. The number of nitrogens with two attached hydrogens (primary N) is 1. The molecule has 0 fully saturated rings. The number of hydrogen-bond acceptors (Lipinski definition) is 3. The molecule has 1 atom stereocenters. The fourth-order valence-corrected chi connectivity index (χ4v) is 2.30. The Morgan fingerprint density at radius 3 is 2.94 bits per heavy atom. The summed E-state index contributed by atoms with van der Waals surface area (Å²) >= 11 is 1.33. The van der Waals surface area contributed by atoms with E-state index in [0.717, 1.165) is 17.7 Å². The molecule has 2 N–H and O–H groups in total. The van der Waals surface area contributed by atoms with E-state index in [9.17, 15) is 4.39 Å². The first-order valence-corrected chi connectivity index (χ1v) is 6.60. The van der Waals surface area contributed by atoms with E-state index < -0.39 is 0 Å². The van der Waals surface area contributed by atoms with Crippen molar-refractivity contribution in [2.24, 2.45) is 5.14 Å². The predicted octanol–water partition coefficient (Wildman–Crippen LogP) is 3.32. The van der Waals surface area contributed by atoms with E-state index in [-0.39, 0.29) is 5.82 Å². The molecule has 0 amide bonds. The maximum atomic E-state index is 12.9. The van der Waals surface area contributed by atoms with Crippen LogP contribution in [-0.2, 0) is 0 Å². The molecule has 1 aromatic rings. The van der Waals surface area contributed by atoms with Crippen LogP contribution in [0, 0.1) is 5.82 Å². The molecule has 2 rings (SSSR count). The summed E-state index contributed by atoms with van der Waals surface area (Å²) in [6.45, 7) is 4.65. The lowest BCUT2D eigenvalue weighted by Crippen LogP contribution is -2.16. The van der Waals surface area contributed by atoms with Crippen LogP contribution in [-0.4, -0.2) is 12.4 Å². The summed E-state index contributed by atoms with van der Waals surface area (Å²) in [7, 11) is 0. The van der Waals surface area contributed by atoms with Gasteiger partial charge in [-0.05, 0) is 18.1 Å². The van der Waals surface area contributed by atoms with Crippen LogP contribution in [0.15, 0.2) is 18.2 Å². The maximum absolute atomic E-state index is 12.9. The molecule has 0 saturated carbocycles. The summed E-state index contributed by atoms with van der Waals surface area (Å²) in [5.74, 6) is 1.69. The first-order chi connectivity index (χ1) is 7.81. The van der Waals surface area contributed by atoms with E-state index in [4.69, 9.17) is 9.88 Å². The number of hydrogen-bond donors (Lipinski definition) is 1. The van der Waals surface area contributed by atoms with Crippen molar-refractivity contribution in [2.75, 3.05) is 12.4 Å². The Bertz CT molecular complexity index is 333. The first-order valence-electron chi connectivity index (χ1n) is 5.55. The smallest absolute Gasteiger partial charge is 0.126 e. The van der Waals surface area contributed by atoms with Crippen LogP contribution < -0.4 is 9.88 Å². The molecule has 4 heteroatoms. The van der Waals surface area contributed by atoms with Gasteiger partial charge in [0, 0.05) is 17.7 Å². The van der Waals surface area contributed by atoms with Crippen molar-refractivity contribution in [1.29, 1.82) is 0 Å². The quantitative estimate of drug-likeness (QED) is 0.809. The molecule has 90 valence electrons. The van der Waals surface area contributed by atoms with E-state index in [1.165, 1.54) is 24.1 Å². The van der Waals surface area contributed by atoms with Gasteiger partial charge in [0.1, 0.15) is 11.6 Å². The predicted molar refractivity (Wildman–Crippen MR) is 67.2 cm³/mol. The first kappa shape index (κ1) is 13.3. The van der Waals surface area contributed by atoms with E-state index in [1.807, 2.05) is 13.8 Å². The van der Waals surface area contributed by atoms with Gasteiger partial charge in [0.05, 0.1) is 6.61 Å². The van der Waals surface area contributed by atoms with Gasteiger partial charge in [-0.3, -0.25) is 5.14 Å². The molecule has 1 aliphatic rings. The van der Waals surface area contributed by atoms with Crippen LogP contribution in [0.25, 0.3) is 0 Å². The summed E-state index contributed by atoms with van der Waals surface area (Å²) in [4.78, 5) is 0. The zero-order chi connectivity index (χ0) is 12.0. The zero-order valence-electron chi connectivity index (χ0n) is 9.70. The van der Waals surface area contributed by atoms with Crippen LogP contribution in [0.5, 0.6) is 5.75 Å². The van der Waals surface area contributed by atoms with E-state index in [2.05, 4.69) is 0 Å². The summed E-state index contributed by atoms with van der Waals surface area (Å²) in [6.07, 6.45) is 0.961. The van der Waals surface area contributed by atoms with Gasteiger partial charge in [0.2, 0.25) is 0 Å². The Balaban J connectivity index is 0.000000606. The summed E-state index contributed by atoms with van der Waals surface area (Å²) < 4.78 is 18.3. The highest BCUT2D eigenvalue weighted by Crippen LogP contribution is 2.35. The molecular formula is C12H18FNOS. The zero-order valence-corrected chi connectivity index (χ0v) is 10.5. The normalized spacial score (nSPS) is 17.9. The molecule has 0 aliphatic carbocycles. The Kier molecular flexibility index (Phi) is 5.63. The van der Waals surface area contributed by atoms with Crippen molar-refractivity contribution in [3.63, 3.8) is 0 Å². The van der Waals surface area contributed by atoms with Crippen molar-refractivity contribution in [1.82, 2.24) is 0 Å². The lowest BCUT2D eigenvalue weighted by Gasteiger charge is -2.25. The second-order valence-corrected chi connectivity index (χ2v) is 4.02. The van der Waals surface area contributed by atoms with Gasteiger partial charge >= 0.3 is 0 Å². The third-order valence-corrected chi connectivity index (χ3v) is 3.03. The Morgan fingerprint density at radius 1 is 1.50 bits per heavy atom. The molecule has 2 nitrogen and oxygen atoms in total. The molecule has 0 saturated heterocycles. The standard InChI is InChI=1S/C10H12FNOS.C2H6/c11-8-1-2-9-7(6-14-12)3-4-13-10(9)5-8;1-2/h1-2,5,7H,3-4,6,12H2;1-2H3. The number of benzene rings is 1. The van der Waals surface area contributed by atoms with Crippen molar-refractivity contribution >= 4 is 11.9 Å².